The lowest BCUT2D eigenvalue weighted by Crippen LogP contribution is -2.24. The lowest BCUT2D eigenvalue weighted by Gasteiger charge is -2.07. The number of benzene rings is 1. The van der Waals surface area contributed by atoms with Gasteiger partial charge in [-0.15, -0.1) is 0 Å². The molecule has 0 spiro atoms. The summed E-state index contributed by atoms with van der Waals surface area (Å²) in [5.74, 6) is 0.0547. The molecule has 0 aliphatic rings. The number of aryl methyl sites for hydroxylation is 4. The molecule has 0 fully saturated rings. The molecule has 0 atom stereocenters. The minimum Gasteiger partial charge on any atom is -0.352 e. The molecule has 0 saturated carbocycles. The van der Waals surface area contributed by atoms with Gasteiger partial charge in [0, 0.05) is 25.2 Å². The van der Waals surface area contributed by atoms with Crippen molar-refractivity contribution < 1.29 is 4.79 Å². The number of carbonyl (C=O) groups is 1. The number of carbonyl (C=O) groups excluding carboxylic acids is 1. The van der Waals surface area contributed by atoms with Crippen LogP contribution in [0.3, 0.4) is 0 Å². The van der Waals surface area contributed by atoms with Crippen LogP contribution in [0.25, 0.3) is 0 Å². The van der Waals surface area contributed by atoms with Crippen LogP contribution in [-0.4, -0.2) is 15.7 Å². The van der Waals surface area contributed by atoms with Gasteiger partial charge in [0.25, 0.3) is 0 Å². The number of hydrogen-bond acceptors (Lipinski definition) is 2. The fourth-order valence-electron chi connectivity index (χ4n) is 2.22. The van der Waals surface area contributed by atoms with Crippen LogP contribution >= 0.6 is 0 Å². The third-order valence-corrected chi connectivity index (χ3v) is 3.23. The van der Waals surface area contributed by atoms with Gasteiger partial charge in [-0.2, -0.15) is 5.10 Å². The van der Waals surface area contributed by atoms with Crippen LogP contribution in [0.5, 0.6) is 0 Å². The summed E-state index contributed by atoms with van der Waals surface area (Å²) < 4.78 is 1.88. The van der Waals surface area contributed by atoms with Gasteiger partial charge < -0.3 is 5.32 Å². The number of nitrogens with zero attached hydrogens (tertiary/aromatic N) is 2. The molecule has 2 aromatic rings. The zero-order chi connectivity index (χ0) is 14.5. The van der Waals surface area contributed by atoms with Gasteiger partial charge in [0.2, 0.25) is 5.91 Å². The Balaban J connectivity index is 1.80. The third kappa shape index (κ3) is 3.95. The van der Waals surface area contributed by atoms with Crippen LogP contribution in [0.2, 0.25) is 0 Å². The second-order valence-corrected chi connectivity index (χ2v) is 5.17. The normalized spacial score (nSPS) is 10.6. The molecule has 0 saturated heterocycles. The van der Waals surface area contributed by atoms with Gasteiger partial charge in [0.05, 0.1) is 5.69 Å². The standard InChI is InChI=1S/C16H21N3O/c1-12-5-4-6-15(9-12)11-17-16(20)7-8-19-14(3)10-13(2)18-19/h4-6,9-10H,7-8,11H2,1-3H3,(H,17,20). The Morgan fingerprint density at radius 1 is 1.25 bits per heavy atom. The second kappa shape index (κ2) is 6.37. The first kappa shape index (κ1) is 14.3. The van der Waals surface area contributed by atoms with Crippen LogP contribution < -0.4 is 5.32 Å². The maximum Gasteiger partial charge on any atom is 0.222 e. The fourth-order valence-corrected chi connectivity index (χ4v) is 2.22. The molecule has 0 bridgehead atoms. The Morgan fingerprint density at radius 3 is 2.70 bits per heavy atom. The molecule has 1 amide bonds. The van der Waals surface area contributed by atoms with Crippen molar-refractivity contribution in [1.82, 2.24) is 15.1 Å². The van der Waals surface area contributed by atoms with Crippen LogP contribution in [0.4, 0.5) is 0 Å². The smallest absolute Gasteiger partial charge is 0.222 e. The molecule has 4 heteroatoms. The van der Waals surface area contributed by atoms with Gasteiger partial charge in [-0.05, 0) is 32.4 Å². The lowest BCUT2D eigenvalue weighted by molar-refractivity contribution is -0.121. The largest absolute Gasteiger partial charge is 0.352 e. The van der Waals surface area contributed by atoms with Gasteiger partial charge in [0.15, 0.2) is 0 Å². The molecule has 1 heterocycles. The van der Waals surface area contributed by atoms with Crippen molar-refractivity contribution in [3.05, 3.63) is 52.8 Å². The predicted molar refractivity (Wildman–Crippen MR) is 79.3 cm³/mol. The SMILES string of the molecule is Cc1cccc(CNC(=O)CCn2nc(C)cc2C)c1. The van der Waals surface area contributed by atoms with E-state index >= 15 is 0 Å². The summed E-state index contributed by atoms with van der Waals surface area (Å²) >= 11 is 0. The van der Waals surface area contributed by atoms with E-state index in [0.717, 1.165) is 17.0 Å². The third-order valence-electron chi connectivity index (χ3n) is 3.23. The van der Waals surface area contributed by atoms with Crippen molar-refractivity contribution in [2.24, 2.45) is 0 Å². The minimum absolute atomic E-state index is 0.0547. The van der Waals surface area contributed by atoms with Crippen molar-refractivity contribution >= 4 is 5.91 Å². The predicted octanol–water partition coefficient (Wildman–Crippen LogP) is 2.51. The Hall–Kier alpha value is -2.10. The van der Waals surface area contributed by atoms with Crippen molar-refractivity contribution in [3.63, 3.8) is 0 Å². The molecule has 20 heavy (non-hydrogen) atoms. The summed E-state index contributed by atoms with van der Waals surface area (Å²) in [6.07, 6.45) is 0.452. The zero-order valence-electron chi connectivity index (χ0n) is 12.3. The Labute approximate surface area is 119 Å². The monoisotopic (exact) mass is 271 g/mol. The maximum atomic E-state index is 11.8. The van der Waals surface area contributed by atoms with Crippen LogP contribution in [0.1, 0.15) is 28.9 Å². The second-order valence-electron chi connectivity index (χ2n) is 5.17. The summed E-state index contributed by atoms with van der Waals surface area (Å²) in [5.41, 5.74) is 4.42. The van der Waals surface area contributed by atoms with Crippen LogP contribution in [-0.2, 0) is 17.9 Å². The van der Waals surface area contributed by atoms with Crippen molar-refractivity contribution in [1.29, 1.82) is 0 Å². The maximum absolute atomic E-state index is 11.8. The van der Waals surface area contributed by atoms with Crippen molar-refractivity contribution in [2.75, 3.05) is 0 Å². The highest BCUT2D eigenvalue weighted by molar-refractivity contribution is 5.75. The van der Waals surface area contributed by atoms with E-state index < -0.39 is 0 Å². The van der Waals surface area contributed by atoms with E-state index in [2.05, 4.69) is 16.5 Å². The van der Waals surface area contributed by atoms with E-state index in [0.29, 0.717) is 19.5 Å². The molecule has 2 rings (SSSR count). The highest BCUT2D eigenvalue weighted by Crippen LogP contribution is 2.04. The molecule has 106 valence electrons. The molecule has 0 aliphatic heterocycles. The molecular weight excluding hydrogens is 250 g/mol. The summed E-state index contributed by atoms with van der Waals surface area (Å²) in [6, 6.07) is 10.2. The van der Waals surface area contributed by atoms with Gasteiger partial charge in [0.1, 0.15) is 0 Å². The van der Waals surface area contributed by atoms with Crippen LogP contribution in [0, 0.1) is 20.8 Å². The zero-order valence-corrected chi connectivity index (χ0v) is 12.3. The molecular formula is C16H21N3O. The summed E-state index contributed by atoms with van der Waals surface area (Å²) in [4.78, 5) is 11.8. The molecule has 0 aliphatic carbocycles. The van der Waals surface area contributed by atoms with Crippen molar-refractivity contribution in [3.8, 4) is 0 Å². The Kier molecular flexibility index (Phi) is 4.56. The molecule has 1 aromatic heterocycles. The first-order valence-corrected chi connectivity index (χ1v) is 6.88. The number of hydrogen-bond donors (Lipinski definition) is 1. The quantitative estimate of drug-likeness (QED) is 0.908. The average molecular weight is 271 g/mol. The summed E-state index contributed by atoms with van der Waals surface area (Å²) in [7, 11) is 0. The van der Waals surface area contributed by atoms with E-state index in [-0.39, 0.29) is 5.91 Å². The van der Waals surface area contributed by atoms with Gasteiger partial charge in [-0.1, -0.05) is 29.8 Å². The summed E-state index contributed by atoms with van der Waals surface area (Å²) in [5, 5.41) is 7.29. The molecule has 4 nitrogen and oxygen atoms in total. The molecule has 0 radical (unpaired) electrons. The van der Waals surface area contributed by atoms with E-state index in [9.17, 15) is 4.79 Å². The van der Waals surface area contributed by atoms with E-state index in [1.54, 1.807) is 0 Å². The van der Waals surface area contributed by atoms with E-state index in [1.807, 2.05) is 49.7 Å². The lowest BCUT2D eigenvalue weighted by atomic mass is 10.1. The van der Waals surface area contributed by atoms with Crippen LogP contribution in [0.15, 0.2) is 30.3 Å². The fraction of sp³-hybridized carbons (Fsp3) is 0.375. The van der Waals surface area contributed by atoms with E-state index in [1.165, 1.54) is 5.56 Å². The highest BCUT2D eigenvalue weighted by atomic mass is 16.1. The highest BCUT2D eigenvalue weighted by Gasteiger charge is 2.05. The average Bonchev–Trinajstić information content (AvgIpc) is 2.72. The first-order valence-electron chi connectivity index (χ1n) is 6.88. The number of aromatic nitrogens is 2. The molecule has 0 unspecified atom stereocenters. The first-order chi connectivity index (χ1) is 9.54. The molecule has 1 aromatic carbocycles. The van der Waals surface area contributed by atoms with Gasteiger partial charge in [-0.25, -0.2) is 0 Å². The van der Waals surface area contributed by atoms with Gasteiger partial charge >= 0.3 is 0 Å². The van der Waals surface area contributed by atoms with E-state index in [4.69, 9.17) is 0 Å². The van der Waals surface area contributed by atoms with Gasteiger partial charge in [-0.3, -0.25) is 9.48 Å². The molecule has 1 N–H and O–H groups in total. The number of rotatable bonds is 5. The van der Waals surface area contributed by atoms with Crippen molar-refractivity contribution in [2.45, 2.75) is 40.3 Å². The summed E-state index contributed by atoms with van der Waals surface area (Å²) in [6.45, 7) is 7.22. The topological polar surface area (TPSA) is 46.9 Å². The number of amides is 1. The number of nitrogens with one attached hydrogen (secondary N) is 1. The Bertz CT molecular complexity index is 602. The minimum atomic E-state index is 0.0547. The Morgan fingerprint density at radius 2 is 2.05 bits per heavy atom.